The topological polar surface area (TPSA) is 35.6 Å². The zero-order valence-corrected chi connectivity index (χ0v) is 62.5. The van der Waals surface area contributed by atoms with E-state index in [2.05, 4.69) is 317 Å². The van der Waals surface area contributed by atoms with E-state index >= 15 is 0 Å². The van der Waals surface area contributed by atoms with Crippen LogP contribution in [0.5, 0.6) is 0 Å². The highest BCUT2D eigenvalue weighted by atomic mass is 15.0. The maximum absolute atomic E-state index is 6.08. The largest absolute Gasteiger partial charge is 0.310 e. The van der Waals surface area contributed by atoms with Crippen molar-refractivity contribution in [3.05, 3.63) is 258 Å². The lowest BCUT2D eigenvalue weighted by molar-refractivity contribution is 0.445. The van der Waals surface area contributed by atoms with Crippen LogP contribution < -0.4 is 16.4 Å². The van der Waals surface area contributed by atoms with Gasteiger partial charge in [0.2, 0.25) is 0 Å². The quantitative estimate of drug-likeness (QED) is 0.135. The summed E-state index contributed by atoms with van der Waals surface area (Å²) in [4.78, 5) is 12.0. The van der Waals surface area contributed by atoms with Crippen molar-refractivity contribution in [2.45, 2.75) is 181 Å². The van der Waals surface area contributed by atoms with Gasteiger partial charge >= 0.3 is 0 Å². The zero-order valence-electron chi connectivity index (χ0n) is 62.5. The molecule has 18 rings (SSSR count). The Hall–Kier alpha value is -9.84. The van der Waals surface area contributed by atoms with Gasteiger partial charge in [0.15, 0.2) is 5.82 Å². The lowest BCUT2D eigenvalue weighted by Crippen LogP contribution is -2.59. The maximum Gasteiger partial charge on any atom is 0.252 e. The normalized spacial score (nSPS) is 15.1. The molecule has 510 valence electrons. The van der Waals surface area contributed by atoms with Crippen LogP contribution in [-0.2, 0) is 21.7 Å². The van der Waals surface area contributed by atoms with E-state index in [1.807, 2.05) is 0 Å². The van der Waals surface area contributed by atoms with Gasteiger partial charge in [-0.3, -0.25) is 0 Å². The van der Waals surface area contributed by atoms with E-state index < -0.39 is 0 Å². The lowest BCUT2D eigenvalue weighted by atomic mass is 9.34. The van der Waals surface area contributed by atoms with Crippen molar-refractivity contribution in [2.75, 3.05) is 0 Å². The molecule has 103 heavy (non-hydrogen) atoms. The second kappa shape index (κ2) is 24.4. The Bertz CT molecular complexity index is 5250. The molecule has 2 fully saturated rings. The molecule has 4 aliphatic rings. The predicted octanol–water partition coefficient (Wildman–Crippen LogP) is 24.8. The fraction of sp³-hybridized carbons (Fsp3) is 0.286. The number of hydrogen-bond donors (Lipinski definition) is 0. The Labute approximate surface area is 610 Å². The molecule has 0 atom stereocenters. The fourth-order valence-corrected chi connectivity index (χ4v) is 18.7. The third-order valence-electron chi connectivity index (χ3n) is 24.0. The molecule has 2 aliphatic heterocycles. The van der Waals surface area contributed by atoms with Gasteiger partial charge in [-0.25, -0.2) is 9.97 Å². The number of hydrogen-bond acceptors (Lipinski definition) is 2. The molecule has 5 heterocycles. The first-order chi connectivity index (χ1) is 49.6. The van der Waals surface area contributed by atoms with Crippen molar-refractivity contribution in [2.24, 2.45) is 0 Å². The summed E-state index contributed by atoms with van der Waals surface area (Å²) in [5.41, 5.74) is 34.1. The fourth-order valence-electron chi connectivity index (χ4n) is 18.7. The Morgan fingerprint density at radius 1 is 0.311 bits per heavy atom. The molecule has 0 bridgehead atoms. The Morgan fingerprint density at radius 3 is 1.00 bits per heavy atom. The minimum absolute atomic E-state index is 0.0513. The first-order valence-corrected chi connectivity index (χ1v) is 38.5. The van der Waals surface area contributed by atoms with Crippen LogP contribution in [0.2, 0.25) is 0 Å². The van der Waals surface area contributed by atoms with Crippen LogP contribution >= 0.6 is 0 Å². The molecule has 0 unspecified atom stereocenters. The van der Waals surface area contributed by atoms with Gasteiger partial charge in [0.1, 0.15) is 0 Å². The van der Waals surface area contributed by atoms with Gasteiger partial charge in [0, 0.05) is 60.6 Å². The summed E-state index contributed by atoms with van der Waals surface area (Å²) in [7, 11) is 0. The molecule has 0 radical (unpaired) electrons. The van der Waals surface area contributed by atoms with Crippen LogP contribution in [-0.4, -0.2) is 25.8 Å². The molecule has 0 saturated heterocycles. The monoisotopic (exact) mass is 1340 g/mol. The zero-order chi connectivity index (χ0) is 70.6. The standard InChI is InChI=1S/C98H95BN4/c1-95(2,3)73-55-77(97(7,8)9)89-83(57-73)102-85-53-71(82-59-81(70-49-66(60-31-19-13-20-32-60)47-67(50-70)61-33-21-14-22-34-61)100-94(101-82)72-51-68(62-35-23-15-24-36-62)48-69(52-72)63-37-25-16-26-38-63)54-86-91(85)99(79-45-43-75(87(89)92(79)102)64-39-27-17-28-40-64)80-46-44-76(65-41-29-18-30-42-65)88-90-78(98(10,11)12)56-74(96(4,5)6)58-84(90)103(86)93(80)88/h13-16,19-26,31-38,43-59,64-65H,17-18,27-30,39-42H2,1-12H3. The van der Waals surface area contributed by atoms with Crippen molar-refractivity contribution in [1.29, 1.82) is 0 Å². The van der Waals surface area contributed by atoms with Crippen molar-refractivity contribution in [3.8, 4) is 89.8 Å². The van der Waals surface area contributed by atoms with Gasteiger partial charge < -0.3 is 9.13 Å². The van der Waals surface area contributed by atoms with Crippen molar-refractivity contribution in [1.82, 2.24) is 19.1 Å². The first kappa shape index (κ1) is 65.2. The second-order valence-electron chi connectivity index (χ2n) is 35.0. The summed E-state index contributed by atoms with van der Waals surface area (Å²) in [5.74, 6) is 1.64. The Balaban J connectivity index is 1.02. The van der Waals surface area contributed by atoms with Gasteiger partial charge in [0.25, 0.3) is 6.71 Å². The molecule has 2 saturated carbocycles. The maximum atomic E-state index is 6.08. The van der Waals surface area contributed by atoms with Crippen LogP contribution in [0.25, 0.3) is 133 Å². The van der Waals surface area contributed by atoms with Crippen molar-refractivity contribution in [3.63, 3.8) is 0 Å². The molecule has 3 aromatic heterocycles. The minimum Gasteiger partial charge on any atom is -0.310 e. The smallest absolute Gasteiger partial charge is 0.252 e. The van der Waals surface area contributed by atoms with Gasteiger partial charge in [-0.1, -0.05) is 279 Å². The average Bonchev–Trinajstić information content (AvgIpc) is 1.53. The molecule has 0 amide bonds. The molecule has 14 aromatic rings. The molecular weight excluding hydrogens is 1240 g/mol. The molecular formula is C98H95BN4. The summed E-state index contributed by atoms with van der Waals surface area (Å²) in [6.45, 7) is 29.2. The van der Waals surface area contributed by atoms with Crippen LogP contribution in [0, 0.1) is 0 Å². The van der Waals surface area contributed by atoms with Gasteiger partial charge in [-0.2, -0.15) is 0 Å². The van der Waals surface area contributed by atoms with E-state index in [9.17, 15) is 0 Å². The molecule has 4 nitrogen and oxygen atoms in total. The highest BCUT2D eigenvalue weighted by Gasteiger charge is 2.45. The van der Waals surface area contributed by atoms with E-state index in [1.54, 1.807) is 0 Å². The number of fused-ring (bicyclic) bond motifs is 10. The number of aromatic nitrogens is 4. The van der Waals surface area contributed by atoms with E-state index in [4.69, 9.17) is 9.97 Å². The minimum atomic E-state index is -0.159. The Morgan fingerprint density at radius 2 is 0.650 bits per heavy atom. The number of rotatable bonds is 9. The molecule has 0 spiro atoms. The third-order valence-corrected chi connectivity index (χ3v) is 24.0. The van der Waals surface area contributed by atoms with E-state index in [-0.39, 0.29) is 28.4 Å². The molecule has 2 aliphatic carbocycles. The number of benzene rings is 11. The van der Waals surface area contributed by atoms with Gasteiger partial charge in [-0.15, -0.1) is 0 Å². The highest BCUT2D eigenvalue weighted by Crippen LogP contribution is 2.52. The Kier molecular flexibility index (Phi) is 15.4. The summed E-state index contributed by atoms with van der Waals surface area (Å²) in [5, 5.41) is 5.80. The highest BCUT2D eigenvalue weighted by molar-refractivity contribution is 7.00. The summed E-state index contributed by atoms with van der Waals surface area (Å²) in [6, 6.07) is 86.1. The van der Waals surface area contributed by atoms with Gasteiger partial charge in [0.05, 0.1) is 22.4 Å². The van der Waals surface area contributed by atoms with Crippen LogP contribution in [0.1, 0.15) is 193 Å². The van der Waals surface area contributed by atoms with E-state index in [0.29, 0.717) is 17.7 Å². The lowest BCUT2D eigenvalue weighted by Gasteiger charge is -2.35. The summed E-state index contributed by atoms with van der Waals surface area (Å²) >= 11 is 0. The first-order valence-electron chi connectivity index (χ1n) is 38.5. The molecule has 0 N–H and O–H groups in total. The van der Waals surface area contributed by atoms with Crippen LogP contribution in [0.15, 0.2) is 224 Å². The van der Waals surface area contributed by atoms with E-state index in [0.717, 1.165) is 72.6 Å². The predicted molar refractivity (Wildman–Crippen MR) is 440 cm³/mol. The van der Waals surface area contributed by atoms with Gasteiger partial charge in [-0.05, 0) is 220 Å². The second-order valence-corrected chi connectivity index (χ2v) is 35.0. The van der Waals surface area contributed by atoms with Crippen LogP contribution in [0.3, 0.4) is 0 Å². The number of nitrogens with zero attached hydrogens (tertiary/aromatic N) is 4. The van der Waals surface area contributed by atoms with E-state index in [1.165, 1.54) is 169 Å². The SMILES string of the molecule is CC(C)(C)c1cc(C(C)(C)C)c2c3c(C4CCCCC4)ccc4c3n(c2c1)-c1cc(-c2cc(-c3cc(-c5ccccc5)cc(-c5ccccc5)c3)nc(-c3cc(-c5ccccc5)cc(-c5ccccc5)c3)n2)cc2c1B4c1ccc(C3CCCCC3)c3c4c(C(C)(C)C)cc(C(C)(C)C)cc4n-2c13. The summed E-state index contributed by atoms with van der Waals surface area (Å²) in [6.07, 6.45) is 12.6. The van der Waals surface area contributed by atoms with Crippen molar-refractivity contribution < 1.29 is 0 Å². The van der Waals surface area contributed by atoms with Crippen LogP contribution in [0.4, 0.5) is 0 Å². The summed E-state index contributed by atoms with van der Waals surface area (Å²) < 4.78 is 5.63. The molecule has 5 heteroatoms. The average molecular weight is 1340 g/mol. The molecule has 11 aromatic carbocycles. The van der Waals surface area contributed by atoms with Crippen molar-refractivity contribution >= 4 is 66.7 Å². The third kappa shape index (κ3) is 11.1.